The van der Waals surface area contributed by atoms with Crippen LogP contribution in [0.3, 0.4) is 0 Å². The van der Waals surface area contributed by atoms with Gasteiger partial charge in [-0.3, -0.25) is 13.3 Å². The molecule has 3 aromatic rings. The van der Waals surface area contributed by atoms with Crippen molar-refractivity contribution in [3.05, 3.63) is 59.1 Å². The second-order valence-corrected chi connectivity index (χ2v) is 11.4. The minimum Gasteiger partial charge on any atom is -0.506 e. The molecule has 2 atom stereocenters. The number of benzene rings is 3. The molecule has 4 rings (SSSR count). The molecule has 2 unspecified atom stereocenters. The van der Waals surface area contributed by atoms with Crippen LogP contribution in [-0.2, 0) is 25.5 Å². The monoisotopic (exact) mass is 522 g/mol. The number of nitrogens with zero attached hydrogens (tertiary/aromatic N) is 2. The minimum atomic E-state index is -3.01. The third-order valence-electron chi connectivity index (χ3n) is 4.93. The first-order valence-electron chi connectivity index (χ1n) is 9.42. The maximum atomic E-state index is 14.1. The molecule has 0 aliphatic carbocycles. The van der Waals surface area contributed by atoms with E-state index in [1.54, 1.807) is 52.8 Å². The minimum absolute atomic E-state index is 0.000713. The summed E-state index contributed by atoms with van der Waals surface area (Å²) in [6.45, 7) is 0.886. The molecule has 3 aromatic carbocycles. The van der Waals surface area contributed by atoms with Crippen LogP contribution in [0.15, 0.2) is 73.2 Å². The van der Waals surface area contributed by atoms with Gasteiger partial charge in [0.2, 0.25) is 0 Å². The Kier molecular flexibility index (Phi) is 6.05. The van der Waals surface area contributed by atoms with Crippen molar-refractivity contribution in [1.82, 2.24) is 0 Å². The van der Waals surface area contributed by atoms with E-state index in [4.69, 9.17) is 5.11 Å². The molecule has 0 spiro atoms. The molecule has 0 aromatic heterocycles. The van der Waals surface area contributed by atoms with Gasteiger partial charge in [0.15, 0.2) is 9.92 Å². The molecule has 1 aliphatic heterocycles. The third kappa shape index (κ3) is 4.07. The summed E-state index contributed by atoms with van der Waals surface area (Å²) in [5.74, 6) is -2.11. The van der Waals surface area contributed by atoms with Gasteiger partial charge in [0.1, 0.15) is 11.5 Å². The van der Waals surface area contributed by atoms with Crippen molar-refractivity contribution in [1.29, 1.82) is 0 Å². The summed E-state index contributed by atoms with van der Waals surface area (Å²) in [6.07, 6.45) is 0.677. The number of hydrogen-bond donors (Lipinski definition) is 2. The van der Waals surface area contributed by atoms with Crippen molar-refractivity contribution in [3.8, 4) is 5.75 Å². The smallest absolute Gasteiger partial charge is 0.316 e. The number of carboxylic acids is 1. The summed E-state index contributed by atoms with van der Waals surface area (Å²) < 4.78 is 33.8. The van der Waals surface area contributed by atoms with E-state index in [0.29, 0.717) is 40.9 Å². The molecule has 0 radical (unpaired) electrons. The fourth-order valence-corrected chi connectivity index (χ4v) is 6.97. The third-order valence-corrected chi connectivity index (χ3v) is 9.17. The van der Waals surface area contributed by atoms with E-state index in [9.17, 15) is 18.3 Å². The first-order valence-corrected chi connectivity index (χ1v) is 13.0. The number of hydrogen-bond acceptors (Lipinski definition) is 5. The lowest BCUT2D eigenvalue weighted by molar-refractivity contribution is -0.133. The average molecular weight is 523 g/mol. The number of carbonyl (C=O) groups is 1. The van der Waals surface area contributed by atoms with E-state index in [-0.39, 0.29) is 10.6 Å². The molecular weight excluding hydrogens is 504 g/mol. The Morgan fingerprint density at radius 2 is 1.84 bits per heavy atom. The van der Waals surface area contributed by atoms with Crippen LogP contribution in [0.5, 0.6) is 5.75 Å². The van der Waals surface area contributed by atoms with Crippen molar-refractivity contribution in [3.63, 3.8) is 0 Å². The highest BCUT2D eigenvalue weighted by Gasteiger charge is 2.29. The number of anilines is 1. The molecule has 31 heavy (non-hydrogen) atoms. The Morgan fingerprint density at radius 1 is 1.16 bits per heavy atom. The summed E-state index contributed by atoms with van der Waals surface area (Å²) >= 11 is 3.39. The molecule has 1 heterocycles. The van der Waals surface area contributed by atoms with Crippen LogP contribution in [0.25, 0.3) is 10.8 Å². The summed E-state index contributed by atoms with van der Waals surface area (Å²) in [4.78, 5) is 11.7. The summed E-state index contributed by atoms with van der Waals surface area (Å²) in [5.41, 5.74) is 0.499. The molecule has 0 bridgehead atoms. The topological polar surface area (TPSA) is 107 Å². The van der Waals surface area contributed by atoms with Crippen molar-refractivity contribution >= 4 is 59.1 Å². The number of aromatic hydroxyl groups is 1. The van der Waals surface area contributed by atoms with Crippen molar-refractivity contribution in [2.75, 3.05) is 23.1 Å². The number of phenolic OH excluding ortho intramolecular Hbond substituents is 1. The van der Waals surface area contributed by atoms with Gasteiger partial charge in [0.05, 0.1) is 32.8 Å². The largest absolute Gasteiger partial charge is 0.506 e. The first kappa shape index (κ1) is 21.8. The molecule has 0 amide bonds. The normalized spacial score (nSPS) is 19.7. The van der Waals surface area contributed by atoms with Crippen LogP contribution in [-0.4, -0.2) is 43.4 Å². The molecule has 1 aliphatic rings. The molecule has 162 valence electrons. The lowest BCUT2D eigenvalue weighted by Crippen LogP contribution is -2.35. The predicted octanol–water partition coefficient (Wildman–Crippen LogP) is 4.15. The van der Waals surface area contributed by atoms with Gasteiger partial charge in [-0.2, -0.15) is 0 Å². The molecule has 0 saturated heterocycles. The Balaban J connectivity index is 1.97. The van der Waals surface area contributed by atoms with Gasteiger partial charge in [-0.05, 0) is 36.8 Å². The molecule has 0 saturated carbocycles. The fourth-order valence-electron chi connectivity index (χ4n) is 3.55. The summed E-state index contributed by atoms with van der Waals surface area (Å²) in [6, 6.07) is 15.5. The van der Waals surface area contributed by atoms with Crippen LogP contribution in [0, 0.1) is 0 Å². The molecular formula is C21H19BrN2O5S2. The molecule has 7 nitrogen and oxygen atoms in total. The van der Waals surface area contributed by atoms with Crippen molar-refractivity contribution in [2.24, 2.45) is 4.36 Å². The fraction of sp³-hybridized carbons (Fsp3) is 0.190. The van der Waals surface area contributed by atoms with Crippen LogP contribution in [0.4, 0.5) is 5.69 Å². The number of carboxylic acid groups (broad SMARTS) is 1. The summed E-state index contributed by atoms with van der Waals surface area (Å²) in [7, 11) is -4.98. The molecule has 10 heteroatoms. The SMILES string of the molecule is O=C(O)CS(=O)c1cc(N2CCCN=S2(=O)c2ccc(Br)cc2)c2ccccc2c1O. The van der Waals surface area contributed by atoms with E-state index >= 15 is 0 Å². The van der Waals surface area contributed by atoms with E-state index < -0.39 is 32.4 Å². The number of fused-ring (bicyclic) bond motifs is 1. The van der Waals surface area contributed by atoms with Crippen LogP contribution >= 0.6 is 15.9 Å². The van der Waals surface area contributed by atoms with Gasteiger partial charge in [0.25, 0.3) is 0 Å². The second-order valence-electron chi connectivity index (χ2n) is 6.93. The lowest BCUT2D eigenvalue weighted by atomic mass is 10.1. The van der Waals surface area contributed by atoms with E-state index in [2.05, 4.69) is 20.3 Å². The molecule has 2 N–H and O–H groups in total. The van der Waals surface area contributed by atoms with Gasteiger partial charge < -0.3 is 10.2 Å². The van der Waals surface area contributed by atoms with E-state index in [1.807, 2.05) is 0 Å². The number of halogens is 1. The Hall–Kier alpha value is -2.43. The van der Waals surface area contributed by atoms with Gasteiger partial charge in [-0.15, -0.1) is 0 Å². The zero-order valence-electron chi connectivity index (χ0n) is 16.2. The Bertz CT molecular complexity index is 1320. The summed E-state index contributed by atoms with van der Waals surface area (Å²) in [5, 5.41) is 20.8. The van der Waals surface area contributed by atoms with Crippen molar-refractivity contribution < 1.29 is 23.4 Å². The van der Waals surface area contributed by atoms with Crippen LogP contribution < -0.4 is 4.31 Å². The van der Waals surface area contributed by atoms with Gasteiger partial charge in [-0.25, -0.2) is 8.57 Å². The Morgan fingerprint density at radius 3 is 2.52 bits per heavy atom. The zero-order chi connectivity index (χ0) is 22.2. The van der Waals surface area contributed by atoms with Crippen LogP contribution in [0.2, 0.25) is 0 Å². The number of aliphatic carboxylic acids is 1. The maximum absolute atomic E-state index is 14.1. The highest BCUT2D eigenvalue weighted by atomic mass is 79.9. The molecule has 0 fully saturated rings. The quantitative estimate of drug-likeness (QED) is 0.523. The lowest BCUT2D eigenvalue weighted by Gasteiger charge is -2.32. The predicted molar refractivity (Wildman–Crippen MR) is 124 cm³/mol. The Labute approximate surface area is 190 Å². The maximum Gasteiger partial charge on any atom is 0.316 e. The van der Waals surface area contributed by atoms with E-state index in [1.165, 1.54) is 6.07 Å². The van der Waals surface area contributed by atoms with Gasteiger partial charge in [-0.1, -0.05) is 40.2 Å². The van der Waals surface area contributed by atoms with Crippen LogP contribution in [0.1, 0.15) is 6.42 Å². The van der Waals surface area contributed by atoms with Gasteiger partial charge in [0, 0.05) is 21.8 Å². The van der Waals surface area contributed by atoms with Gasteiger partial charge >= 0.3 is 5.97 Å². The second kappa shape index (κ2) is 8.60. The number of phenols is 1. The highest BCUT2D eigenvalue weighted by Crippen LogP contribution is 2.41. The highest BCUT2D eigenvalue weighted by molar-refractivity contribution is 9.10. The van der Waals surface area contributed by atoms with Crippen molar-refractivity contribution in [2.45, 2.75) is 16.2 Å². The number of rotatable bonds is 5. The first-order chi connectivity index (χ1) is 14.8. The van der Waals surface area contributed by atoms with E-state index in [0.717, 1.165) is 4.47 Å². The average Bonchev–Trinajstić information content (AvgIpc) is 2.75. The zero-order valence-corrected chi connectivity index (χ0v) is 19.5. The standard InChI is InChI=1S/C21H19BrN2O5S2/c22-14-6-8-15(9-7-14)31(29)23-10-3-11-24(31)18-12-19(30(28)13-20(25)26)21(27)17-5-2-1-4-16(17)18/h1-2,4-9,12,27H,3,10-11,13H2,(H,25,26).